The maximum absolute atomic E-state index is 9.55. The molecule has 1 aromatic rings. The summed E-state index contributed by atoms with van der Waals surface area (Å²) in [4.78, 5) is 19.1. The molecule has 0 bridgehead atoms. The summed E-state index contributed by atoms with van der Waals surface area (Å²) in [6.45, 7) is 3.63. The van der Waals surface area contributed by atoms with Gasteiger partial charge in [-0.1, -0.05) is 43.0 Å². The normalized spacial score (nSPS) is 8.47. The molecule has 0 spiro atoms. The SMILES string of the molecule is C=Cc1ccccc1.O=C(O)/C=C\C(=O)O.[H-].[K+]. The molecule has 0 fully saturated rings. The maximum atomic E-state index is 9.55. The summed E-state index contributed by atoms with van der Waals surface area (Å²) in [6.07, 6.45) is 2.95. The molecule has 0 saturated carbocycles. The van der Waals surface area contributed by atoms with Crippen molar-refractivity contribution in [3.8, 4) is 0 Å². The van der Waals surface area contributed by atoms with Crippen molar-refractivity contribution in [2.24, 2.45) is 0 Å². The van der Waals surface area contributed by atoms with Crippen LogP contribution in [-0.2, 0) is 9.59 Å². The monoisotopic (exact) mass is 260 g/mol. The van der Waals surface area contributed by atoms with Crippen molar-refractivity contribution in [3.05, 3.63) is 54.6 Å². The molecule has 2 N–H and O–H groups in total. The van der Waals surface area contributed by atoms with Gasteiger partial charge in [0.05, 0.1) is 0 Å². The largest absolute Gasteiger partial charge is 1.00 e. The van der Waals surface area contributed by atoms with Crippen LogP contribution < -0.4 is 51.4 Å². The molecule has 0 atom stereocenters. The molecule has 0 saturated heterocycles. The summed E-state index contributed by atoms with van der Waals surface area (Å²) < 4.78 is 0. The van der Waals surface area contributed by atoms with Crippen LogP contribution >= 0.6 is 0 Å². The van der Waals surface area contributed by atoms with Gasteiger partial charge in [0.15, 0.2) is 0 Å². The minimum absolute atomic E-state index is 0. The quantitative estimate of drug-likeness (QED) is 0.549. The molecule has 5 heteroatoms. The number of carbonyl (C=O) groups is 2. The minimum Gasteiger partial charge on any atom is -1.00 e. The van der Waals surface area contributed by atoms with Crippen molar-refractivity contribution in [2.45, 2.75) is 0 Å². The van der Waals surface area contributed by atoms with Crippen molar-refractivity contribution < 1.29 is 72.6 Å². The Morgan fingerprint density at radius 2 is 1.47 bits per heavy atom. The zero-order chi connectivity index (χ0) is 12.4. The summed E-state index contributed by atoms with van der Waals surface area (Å²) in [6, 6.07) is 10.0. The Bertz CT molecular complexity index is 374. The van der Waals surface area contributed by atoms with Crippen molar-refractivity contribution >= 4 is 18.0 Å². The van der Waals surface area contributed by atoms with Gasteiger partial charge in [-0.05, 0) is 5.56 Å². The fourth-order valence-electron chi connectivity index (χ4n) is 0.732. The zero-order valence-electron chi connectivity index (χ0n) is 10.5. The smallest absolute Gasteiger partial charge is 1.00 e. The number of benzene rings is 1. The Morgan fingerprint density at radius 3 is 1.71 bits per heavy atom. The number of hydrogen-bond acceptors (Lipinski definition) is 2. The third-order valence-electron chi connectivity index (χ3n) is 1.40. The van der Waals surface area contributed by atoms with E-state index >= 15 is 0 Å². The van der Waals surface area contributed by atoms with Gasteiger partial charge in [0.1, 0.15) is 0 Å². The fraction of sp³-hybridized carbons (Fsp3) is 0. The topological polar surface area (TPSA) is 74.6 Å². The van der Waals surface area contributed by atoms with Crippen LogP contribution in [0.3, 0.4) is 0 Å². The molecule has 0 aliphatic carbocycles. The molecule has 0 amide bonds. The molecule has 0 aliphatic rings. The van der Waals surface area contributed by atoms with E-state index in [0.29, 0.717) is 12.2 Å². The van der Waals surface area contributed by atoms with Crippen LogP contribution in [0.2, 0.25) is 0 Å². The second kappa shape index (κ2) is 11.8. The van der Waals surface area contributed by atoms with Gasteiger partial charge in [0.2, 0.25) is 0 Å². The number of hydrogen-bond donors (Lipinski definition) is 2. The van der Waals surface area contributed by atoms with Crippen LogP contribution in [0.5, 0.6) is 0 Å². The van der Waals surface area contributed by atoms with E-state index < -0.39 is 11.9 Å². The molecule has 0 aromatic heterocycles. The Balaban J connectivity index is -0.000000225. The molecule has 0 heterocycles. The van der Waals surface area contributed by atoms with E-state index in [4.69, 9.17) is 10.2 Å². The maximum Gasteiger partial charge on any atom is 1.00 e. The molecule has 0 aliphatic heterocycles. The number of carboxylic acid groups (broad SMARTS) is 2. The van der Waals surface area contributed by atoms with E-state index in [0.717, 1.165) is 0 Å². The summed E-state index contributed by atoms with van der Waals surface area (Å²) in [5.74, 6) is -2.51. The molecule has 1 aromatic carbocycles. The Hall–Kier alpha value is -0.724. The molecule has 4 nitrogen and oxygen atoms in total. The predicted octanol–water partition coefficient (Wildman–Crippen LogP) is -0.842. The Morgan fingerprint density at radius 1 is 1.06 bits per heavy atom. The molecule has 1 rings (SSSR count). The van der Waals surface area contributed by atoms with Crippen molar-refractivity contribution in [2.75, 3.05) is 0 Å². The molecule has 86 valence electrons. The number of aliphatic carboxylic acids is 2. The van der Waals surface area contributed by atoms with Gasteiger partial charge < -0.3 is 11.6 Å². The average Bonchev–Trinajstić information content (AvgIpc) is 2.28. The summed E-state index contributed by atoms with van der Waals surface area (Å²) in [7, 11) is 0. The van der Waals surface area contributed by atoms with Crippen molar-refractivity contribution in [1.82, 2.24) is 0 Å². The van der Waals surface area contributed by atoms with Gasteiger partial charge in [-0.2, -0.15) is 0 Å². The second-order valence-corrected chi connectivity index (χ2v) is 2.62. The standard InChI is InChI=1S/C8H8.C4H4O4.K.H/c1-2-8-6-4-3-5-7-8;5-3(6)1-2-4(7)8;;/h2-7H,1H2;1-2H,(H,5,6)(H,7,8);;/q;;+1;-1/b;2-1-;;. The van der Waals surface area contributed by atoms with Crippen molar-refractivity contribution in [3.63, 3.8) is 0 Å². The first-order chi connectivity index (χ1) is 7.56. The van der Waals surface area contributed by atoms with Crippen LogP contribution in [0.15, 0.2) is 49.1 Å². The molecule has 17 heavy (non-hydrogen) atoms. The Kier molecular flexibility index (Phi) is 12.9. The van der Waals surface area contributed by atoms with E-state index in [-0.39, 0.29) is 52.8 Å². The van der Waals surface area contributed by atoms with E-state index in [1.807, 2.05) is 36.4 Å². The summed E-state index contributed by atoms with van der Waals surface area (Å²) in [5, 5.41) is 15.6. The average molecular weight is 260 g/mol. The van der Waals surface area contributed by atoms with Crippen LogP contribution in [-0.4, -0.2) is 22.2 Å². The van der Waals surface area contributed by atoms with Crippen LogP contribution in [0.25, 0.3) is 6.08 Å². The first-order valence-electron chi connectivity index (χ1n) is 4.37. The summed E-state index contributed by atoms with van der Waals surface area (Å²) in [5.41, 5.74) is 1.17. The van der Waals surface area contributed by atoms with E-state index in [9.17, 15) is 9.59 Å². The third kappa shape index (κ3) is 13.2. The third-order valence-corrected chi connectivity index (χ3v) is 1.40. The van der Waals surface area contributed by atoms with Crippen LogP contribution in [0, 0.1) is 0 Å². The number of rotatable bonds is 3. The first kappa shape index (κ1) is 18.6. The molecular formula is C12H13KO4. The zero-order valence-corrected chi connectivity index (χ0v) is 12.7. The van der Waals surface area contributed by atoms with Crippen LogP contribution in [0.4, 0.5) is 0 Å². The molecule has 0 unspecified atom stereocenters. The van der Waals surface area contributed by atoms with Gasteiger partial charge in [-0.15, -0.1) is 0 Å². The fourth-order valence-corrected chi connectivity index (χ4v) is 0.732. The second-order valence-electron chi connectivity index (χ2n) is 2.62. The van der Waals surface area contributed by atoms with Crippen molar-refractivity contribution in [1.29, 1.82) is 0 Å². The van der Waals surface area contributed by atoms with E-state index in [1.54, 1.807) is 0 Å². The van der Waals surface area contributed by atoms with Gasteiger partial charge in [0.25, 0.3) is 0 Å². The number of carboxylic acids is 2. The Labute approximate surface area is 144 Å². The predicted molar refractivity (Wildman–Crippen MR) is 62.1 cm³/mol. The van der Waals surface area contributed by atoms with Gasteiger partial charge in [-0.25, -0.2) is 9.59 Å². The van der Waals surface area contributed by atoms with Gasteiger partial charge in [0, 0.05) is 12.2 Å². The molecular weight excluding hydrogens is 247 g/mol. The van der Waals surface area contributed by atoms with Crippen LogP contribution in [0.1, 0.15) is 6.99 Å². The minimum atomic E-state index is -1.26. The molecule has 0 radical (unpaired) electrons. The first-order valence-corrected chi connectivity index (χ1v) is 4.37. The summed E-state index contributed by atoms with van der Waals surface area (Å²) >= 11 is 0. The van der Waals surface area contributed by atoms with E-state index in [1.165, 1.54) is 5.56 Å². The van der Waals surface area contributed by atoms with E-state index in [2.05, 4.69) is 6.58 Å². The van der Waals surface area contributed by atoms with Gasteiger partial charge in [-0.3, -0.25) is 0 Å². The van der Waals surface area contributed by atoms with Gasteiger partial charge >= 0.3 is 63.3 Å².